The molecule has 0 fully saturated rings. The molecule has 1 N–H and O–H groups in total. The van der Waals surface area contributed by atoms with E-state index in [-0.39, 0.29) is 16.7 Å². The van der Waals surface area contributed by atoms with Crippen LogP contribution in [-0.2, 0) is 9.59 Å². The Balaban J connectivity index is 2.25. The number of thioether (sulfide) groups is 1. The summed E-state index contributed by atoms with van der Waals surface area (Å²) >= 11 is 0.935. The van der Waals surface area contributed by atoms with Crippen LogP contribution in [0.15, 0.2) is 54.6 Å². The van der Waals surface area contributed by atoms with Gasteiger partial charge in [0.2, 0.25) is 0 Å². The molecule has 0 aromatic heterocycles. The molecule has 0 bridgehead atoms. The normalized spacial score (nSPS) is 12.4. The summed E-state index contributed by atoms with van der Waals surface area (Å²) in [6.07, 6.45) is 0. The van der Waals surface area contributed by atoms with Gasteiger partial charge in [0.1, 0.15) is 0 Å². The standard InChI is InChI=1S/C21H22O4S/c1-14(22)26-13-18(20(24)25)21(2,3)19(23)17-11-9-16(10-12-17)15-7-5-4-6-8-15/h4-12,18H,13H2,1-3H3,(H,24,25). The van der Waals surface area contributed by atoms with Gasteiger partial charge in [0.15, 0.2) is 10.9 Å². The average Bonchev–Trinajstić information content (AvgIpc) is 2.61. The first kappa shape index (κ1) is 19.9. The molecule has 0 aliphatic heterocycles. The number of carboxylic acid groups (broad SMARTS) is 1. The summed E-state index contributed by atoms with van der Waals surface area (Å²) in [4.78, 5) is 35.8. The van der Waals surface area contributed by atoms with Crippen LogP contribution in [0, 0.1) is 11.3 Å². The fraction of sp³-hybridized carbons (Fsp3) is 0.286. The predicted molar refractivity (Wildman–Crippen MR) is 104 cm³/mol. The molecular weight excluding hydrogens is 348 g/mol. The van der Waals surface area contributed by atoms with Crippen molar-refractivity contribution in [3.63, 3.8) is 0 Å². The van der Waals surface area contributed by atoms with Crippen LogP contribution in [0.1, 0.15) is 31.1 Å². The molecule has 4 nitrogen and oxygen atoms in total. The Labute approximate surface area is 157 Å². The van der Waals surface area contributed by atoms with Crippen molar-refractivity contribution in [2.75, 3.05) is 5.75 Å². The van der Waals surface area contributed by atoms with Crippen LogP contribution >= 0.6 is 11.8 Å². The second-order valence-corrected chi connectivity index (χ2v) is 7.88. The van der Waals surface area contributed by atoms with Crippen molar-refractivity contribution in [1.29, 1.82) is 0 Å². The van der Waals surface area contributed by atoms with Gasteiger partial charge in [0.05, 0.1) is 5.92 Å². The fourth-order valence-corrected chi connectivity index (χ4v) is 3.72. The maximum Gasteiger partial charge on any atom is 0.308 e. The lowest BCUT2D eigenvalue weighted by molar-refractivity contribution is -0.143. The van der Waals surface area contributed by atoms with Crippen molar-refractivity contribution in [3.05, 3.63) is 60.2 Å². The summed E-state index contributed by atoms with van der Waals surface area (Å²) in [5, 5.41) is 9.37. The quantitative estimate of drug-likeness (QED) is 0.724. The molecule has 136 valence electrons. The molecule has 0 saturated heterocycles. The van der Waals surface area contributed by atoms with E-state index >= 15 is 0 Å². The van der Waals surface area contributed by atoms with Crippen LogP contribution in [0.25, 0.3) is 11.1 Å². The minimum Gasteiger partial charge on any atom is -0.481 e. The number of carbonyl (C=O) groups excluding carboxylic acids is 2. The highest BCUT2D eigenvalue weighted by Gasteiger charge is 2.41. The Bertz CT molecular complexity index is 795. The van der Waals surface area contributed by atoms with Gasteiger partial charge in [-0.2, -0.15) is 0 Å². The third-order valence-electron chi connectivity index (χ3n) is 4.46. The molecule has 0 aliphatic rings. The fourth-order valence-electron chi connectivity index (χ4n) is 2.76. The van der Waals surface area contributed by atoms with E-state index in [1.54, 1.807) is 26.0 Å². The lowest BCUT2D eigenvalue weighted by Gasteiger charge is -2.29. The van der Waals surface area contributed by atoms with Crippen molar-refractivity contribution in [1.82, 2.24) is 0 Å². The number of carbonyl (C=O) groups is 3. The van der Waals surface area contributed by atoms with E-state index in [0.717, 1.165) is 22.9 Å². The number of rotatable bonds is 7. The van der Waals surface area contributed by atoms with Gasteiger partial charge in [-0.25, -0.2) is 0 Å². The third kappa shape index (κ3) is 4.61. The van der Waals surface area contributed by atoms with Gasteiger partial charge >= 0.3 is 5.97 Å². The Morgan fingerprint density at radius 2 is 1.50 bits per heavy atom. The zero-order valence-corrected chi connectivity index (χ0v) is 15.9. The van der Waals surface area contributed by atoms with Gasteiger partial charge in [-0.3, -0.25) is 14.4 Å². The Hall–Kier alpha value is -2.40. The zero-order valence-electron chi connectivity index (χ0n) is 15.1. The van der Waals surface area contributed by atoms with Crippen molar-refractivity contribution in [2.45, 2.75) is 20.8 Å². The molecule has 2 aromatic rings. The number of hydrogen-bond acceptors (Lipinski definition) is 4. The molecule has 5 heteroatoms. The van der Waals surface area contributed by atoms with Crippen LogP contribution in [0.2, 0.25) is 0 Å². The van der Waals surface area contributed by atoms with E-state index in [0.29, 0.717) is 5.56 Å². The van der Waals surface area contributed by atoms with E-state index in [1.807, 2.05) is 42.5 Å². The Morgan fingerprint density at radius 3 is 2.00 bits per heavy atom. The van der Waals surface area contributed by atoms with Crippen LogP contribution in [0.4, 0.5) is 0 Å². The van der Waals surface area contributed by atoms with E-state index < -0.39 is 17.3 Å². The second-order valence-electron chi connectivity index (χ2n) is 6.69. The molecular formula is C21H22O4S. The van der Waals surface area contributed by atoms with Gasteiger partial charge in [0, 0.05) is 23.7 Å². The predicted octanol–water partition coefficient (Wildman–Crippen LogP) is 4.54. The van der Waals surface area contributed by atoms with E-state index in [1.165, 1.54) is 6.92 Å². The highest BCUT2D eigenvalue weighted by Crippen LogP contribution is 2.34. The number of benzene rings is 2. The monoisotopic (exact) mass is 370 g/mol. The number of ketones is 1. The minimum atomic E-state index is -1.12. The number of hydrogen-bond donors (Lipinski definition) is 1. The maximum absolute atomic E-state index is 12.9. The van der Waals surface area contributed by atoms with Gasteiger partial charge in [-0.1, -0.05) is 80.2 Å². The van der Waals surface area contributed by atoms with Crippen molar-refractivity contribution in [2.24, 2.45) is 11.3 Å². The van der Waals surface area contributed by atoms with Crippen molar-refractivity contribution < 1.29 is 19.5 Å². The molecule has 1 atom stereocenters. The SMILES string of the molecule is CC(=O)SCC(C(=O)O)C(C)(C)C(=O)c1ccc(-c2ccccc2)cc1. The zero-order chi connectivity index (χ0) is 19.3. The lowest BCUT2D eigenvalue weighted by Crippen LogP contribution is -2.39. The van der Waals surface area contributed by atoms with E-state index in [4.69, 9.17) is 0 Å². The minimum absolute atomic E-state index is 0.0749. The number of Topliss-reactive ketones (excluding diaryl/α,β-unsaturated/α-hetero) is 1. The topological polar surface area (TPSA) is 71.4 Å². The molecule has 0 radical (unpaired) electrons. The van der Waals surface area contributed by atoms with Crippen molar-refractivity contribution in [3.8, 4) is 11.1 Å². The highest BCUT2D eigenvalue weighted by molar-refractivity contribution is 8.13. The molecule has 26 heavy (non-hydrogen) atoms. The molecule has 2 aromatic carbocycles. The third-order valence-corrected chi connectivity index (χ3v) is 5.37. The summed E-state index contributed by atoms with van der Waals surface area (Å²) in [6.45, 7) is 4.64. The summed E-state index contributed by atoms with van der Waals surface area (Å²) < 4.78 is 0. The van der Waals surface area contributed by atoms with Crippen LogP contribution in [0.5, 0.6) is 0 Å². The van der Waals surface area contributed by atoms with Gasteiger partial charge in [-0.15, -0.1) is 0 Å². The average molecular weight is 370 g/mol. The number of carboxylic acids is 1. The van der Waals surface area contributed by atoms with Gasteiger partial charge in [-0.05, 0) is 11.1 Å². The highest BCUT2D eigenvalue weighted by atomic mass is 32.2. The maximum atomic E-state index is 12.9. The molecule has 0 saturated carbocycles. The molecule has 2 rings (SSSR count). The van der Waals surface area contributed by atoms with Gasteiger partial charge < -0.3 is 5.11 Å². The summed E-state index contributed by atoms with van der Waals surface area (Å²) in [5.74, 6) is -2.18. The Morgan fingerprint density at radius 1 is 0.962 bits per heavy atom. The molecule has 0 spiro atoms. The van der Waals surface area contributed by atoms with Crippen LogP contribution < -0.4 is 0 Å². The summed E-state index contributed by atoms with van der Waals surface area (Å²) in [6, 6.07) is 17.0. The largest absolute Gasteiger partial charge is 0.481 e. The van der Waals surface area contributed by atoms with Crippen LogP contribution in [-0.4, -0.2) is 27.7 Å². The van der Waals surface area contributed by atoms with Crippen molar-refractivity contribution >= 4 is 28.6 Å². The first-order chi connectivity index (χ1) is 12.2. The molecule has 0 amide bonds. The molecule has 0 aliphatic carbocycles. The number of aliphatic carboxylic acids is 1. The van der Waals surface area contributed by atoms with E-state index in [2.05, 4.69) is 0 Å². The Kier molecular flexibility index (Phi) is 6.37. The smallest absolute Gasteiger partial charge is 0.308 e. The summed E-state index contributed by atoms with van der Waals surface area (Å²) in [7, 11) is 0. The van der Waals surface area contributed by atoms with E-state index in [9.17, 15) is 19.5 Å². The molecule has 1 unspecified atom stereocenters. The first-order valence-electron chi connectivity index (χ1n) is 8.30. The summed E-state index contributed by atoms with van der Waals surface area (Å²) in [5.41, 5.74) is 1.38. The van der Waals surface area contributed by atoms with Crippen LogP contribution in [0.3, 0.4) is 0 Å². The van der Waals surface area contributed by atoms with Gasteiger partial charge in [0.25, 0.3) is 0 Å². The lowest BCUT2D eigenvalue weighted by atomic mass is 9.74. The first-order valence-corrected chi connectivity index (χ1v) is 9.28. The molecule has 0 heterocycles. The second kappa shape index (κ2) is 8.32.